The monoisotopic (exact) mass is 252 g/mol. The van der Waals surface area contributed by atoms with Crippen molar-refractivity contribution >= 4 is 5.69 Å². The molecular formula is C7H7F3N4O3. The number of nitrogens with zero attached hydrogens (tertiary/aromatic N) is 3. The number of nitro groups is 1. The first kappa shape index (κ1) is 13.1. The molecule has 0 saturated carbocycles. The summed E-state index contributed by atoms with van der Waals surface area (Å²) in [5, 5.41) is 10.4. The molecule has 10 heteroatoms. The van der Waals surface area contributed by atoms with Gasteiger partial charge in [-0.3, -0.25) is 14.7 Å². The summed E-state index contributed by atoms with van der Waals surface area (Å²) in [6.07, 6.45) is -3.72. The third-order valence-electron chi connectivity index (χ3n) is 1.95. The molecule has 1 rings (SSSR count). The Labute approximate surface area is 91.8 Å². The van der Waals surface area contributed by atoms with E-state index in [2.05, 4.69) is 4.98 Å². The maximum Gasteiger partial charge on any atom is 0.410 e. The summed E-state index contributed by atoms with van der Waals surface area (Å²) in [5.41, 5.74) is 2.95. The first-order valence-corrected chi connectivity index (χ1v) is 4.26. The number of rotatable bonds is 3. The third-order valence-corrected chi connectivity index (χ3v) is 1.95. The predicted molar refractivity (Wildman–Crippen MR) is 49.3 cm³/mol. The fourth-order valence-corrected chi connectivity index (χ4v) is 1.14. The Morgan fingerprint density at radius 3 is 2.59 bits per heavy atom. The van der Waals surface area contributed by atoms with Gasteiger partial charge in [-0.15, -0.1) is 0 Å². The van der Waals surface area contributed by atoms with Crippen LogP contribution in [0.3, 0.4) is 0 Å². The van der Waals surface area contributed by atoms with Gasteiger partial charge in [0.2, 0.25) is 0 Å². The molecule has 17 heavy (non-hydrogen) atoms. The zero-order valence-corrected chi connectivity index (χ0v) is 8.22. The van der Waals surface area contributed by atoms with E-state index in [1.165, 1.54) is 0 Å². The van der Waals surface area contributed by atoms with Gasteiger partial charge in [0.1, 0.15) is 12.2 Å². The highest BCUT2D eigenvalue weighted by Gasteiger charge is 2.41. The van der Waals surface area contributed by atoms with Gasteiger partial charge < -0.3 is 5.73 Å². The van der Waals surface area contributed by atoms with Crippen LogP contribution >= 0.6 is 0 Å². The topological polar surface area (TPSA) is 104 Å². The summed E-state index contributed by atoms with van der Waals surface area (Å²) in [7, 11) is 0. The van der Waals surface area contributed by atoms with Crippen molar-refractivity contribution in [2.45, 2.75) is 12.2 Å². The molecule has 0 radical (unpaired) electrons. The Morgan fingerprint density at radius 2 is 2.18 bits per heavy atom. The van der Waals surface area contributed by atoms with Crippen molar-refractivity contribution in [2.75, 3.05) is 6.54 Å². The van der Waals surface area contributed by atoms with Crippen LogP contribution in [0.5, 0.6) is 0 Å². The molecular weight excluding hydrogens is 245 g/mol. The van der Waals surface area contributed by atoms with Crippen LogP contribution in [-0.2, 0) is 0 Å². The van der Waals surface area contributed by atoms with E-state index in [0.717, 1.165) is 0 Å². The molecule has 1 aromatic heterocycles. The van der Waals surface area contributed by atoms with Gasteiger partial charge in [-0.05, 0) is 0 Å². The van der Waals surface area contributed by atoms with E-state index in [-0.39, 0.29) is 4.57 Å². The lowest BCUT2D eigenvalue weighted by atomic mass is 10.3. The van der Waals surface area contributed by atoms with Crippen LogP contribution in [0.4, 0.5) is 18.9 Å². The maximum absolute atomic E-state index is 12.5. The van der Waals surface area contributed by atoms with E-state index >= 15 is 0 Å². The van der Waals surface area contributed by atoms with E-state index in [9.17, 15) is 28.1 Å². The first-order valence-electron chi connectivity index (χ1n) is 4.26. The van der Waals surface area contributed by atoms with Crippen LogP contribution in [0, 0.1) is 10.1 Å². The minimum Gasteiger partial charge on any atom is -0.328 e. The van der Waals surface area contributed by atoms with E-state index in [0.29, 0.717) is 12.4 Å². The molecule has 94 valence electrons. The van der Waals surface area contributed by atoms with E-state index in [1.54, 1.807) is 0 Å². The lowest BCUT2D eigenvalue weighted by Gasteiger charge is -2.19. The molecule has 0 aromatic carbocycles. The average Bonchev–Trinajstić information content (AvgIpc) is 2.19. The molecule has 1 heterocycles. The first-order chi connectivity index (χ1) is 7.77. The summed E-state index contributed by atoms with van der Waals surface area (Å²) in [4.78, 5) is 23.5. The molecule has 0 aliphatic heterocycles. The molecule has 7 nitrogen and oxygen atoms in total. The molecule has 0 fully saturated rings. The van der Waals surface area contributed by atoms with Crippen LogP contribution in [0.2, 0.25) is 0 Å². The lowest BCUT2D eigenvalue weighted by Crippen LogP contribution is -2.39. The van der Waals surface area contributed by atoms with Gasteiger partial charge in [-0.2, -0.15) is 18.2 Å². The summed E-state index contributed by atoms with van der Waals surface area (Å²) >= 11 is 0. The van der Waals surface area contributed by atoms with Crippen LogP contribution in [0.15, 0.2) is 17.2 Å². The highest BCUT2D eigenvalue weighted by molar-refractivity contribution is 5.20. The smallest absolute Gasteiger partial charge is 0.328 e. The Hall–Kier alpha value is -1.97. The van der Waals surface area contributed by atoms with E-state index < -0.39 is 35.1 Å². The van der Waals surface area contributed by atoms with Gasteiger partial charge in [-0.25, -0.2) is 4.79 Å². The highest BCUT2D eigenvalue weighted by Crippen LogP contribution is 2.28. The number of aromatic nitrogens is 2. The average molecular weight is 252 g/mol. The number of alkyl halides is 3. The summed E-state index contributed by atoms with van der Waals surface area (Å²) < 4.78 is 37.6. The van der Waals surface area contributed by atoms with Crippen molar-refractivity contribution in [3.05, 3.63) is 33.0 Å². The molecule has 2 N–H and O–H groups in total. The molecule has 1 unspecified atom stereocenters. The predicted octanol–water partition coefficient (Wildman–Crippen LogP) is 0.214. The van der Waals surface area contributed by atoms with Gasteiger partial charge in [0.05, 0.1) is 11.1 Å². The largest absolute Gasteiger partial charge is 0.410 e. The molecule has 1 atom stereocenters. The Balaban J connectivity index is 3.33. The van der Waals surface area contributed by atoms with Crippen molar-refractivity contribution in [1.29, 1.82) is 0 Å². The van der Waals surface area contributed by atoms with Crippen LogP contribution in [0.1, 0.15) is 6.04 Å². The van der Waals surface area contributed by atoms with Gasteiger partial charge in [-0.1, -0.05) is 0 Å². The van der Waals surface area contributed by atoms with E-state index in [1.807, 2.05) is 0 Å². The zero-order valence-electron chi connectivity index (χ0n) is 8.22. The van der Waals surface area contributed by atoms with Crippen LogP contribution in [-0.4, -0.2) is 27.2 Å². The van der Waals surface area contributed by atoms with E-state index in [4.69, 9.17) is 5.73 Å². The second kappa shape index (κ2) is 4.49. The number of halogens is 3. The molecule has 0 spiro atoms. The van der Waals surface area contributed by atoms with Crippen molar-refractivity contribution < 1.29 is 18.1 Å². The zero-order chi connectivity index (χ0) is 13.2. The summed E-state index contributed by atoms with van der Waals surface area (Å²) in [6, 6.07) is -2.33. The normalized spacial score (nSPS) is 13.4. The van der Waals surface area contributed by atoms with Gasteiger partial charge >= 0.3 is 17.6 Å². The minimum absolute atomic E-state index is 0.109. The third kappa shape index (κ3) is 2.78. The van der Waals surface area contributed by atoms with Crippen molar-refractivity contribution in [2.24, 2.45) is 5.73 Å². The van der Waals surface area contributed by atoms with Crippen LogP contribution < -0.4 is 11.4 Å². The molecule has 0 saturated heterocycles. The minimum atomic E-state index is -4.78. The van der Waals surface area contributed by atoms with Crippen molar-refractivity contribution in [3.63, 3.8) is 0 Å². The quantitative estimate of drug-likeness (QED) is 0.611. The second-order valence-corrected chi connectivity index (χ2v) is 3.05. The molecule has 0 aliphatic carbocycles. The number of hydrogen-bond acceptors (Lipinski definition) is 5. The van der Waals surface area contributed by atoms with Crippen molar-refractivity contribution in [1.82, 2.24) is 9.55 Å². The lowest BCUT2D eigenvalue weighted by molar-refractivity contribution is -0.385. The summed E-state index contributed by atoms with van der Waals surface area (Å²) in [5.74, 6) is 0. The number of nitrogens with two attached hydrogens (primary N) is 1. The van der Waals surface area contributed by atoms with Gasteiger partial charge in [0.25, 0.3) is 0 Å². The van der Waals surface area contributed by atoms with Gasteiger partial charge in [0.15, 0.2) is 0 Å². The Morgan fingerprint density at radius 1 is 1.59 bits per heavy atom. The van der Waals surface area contributed by atoms with Gasteiger partial charge in [0, 0.05) is 6.54 Å². The number of hydrogen-bond donors (Lipinski definition) is 1. The van der Waals surface area contributed by atoms with Crippen LogP contribution in [0.25, 0.3) is 0 Å². The molecule has 0 aliphatic rings. The van der Waals surface area contributed by atoms with Crippen molar-refractivity contribution in [3.8, 4) is 0 Å². The standard InChI is InChI=1S/C7H7F3N4O3/c8-7(9,10)5(1-11)13-3-4(14(16)17)2-12-6(13)15/h2-3,5H,1,11H2. The highest BCUT2D eigenvalue weighted by atomic mass is 19.4. The molecule has 0 bridgehead atoms. The second-order valence-electron chi connectivity index (χ2n) is 3.05. The molecule has 0 amide bonds. The Kier molecular flexibility index (Phi) is 3.46. The fraction of sp³-hybridized carbons (Fsp3) is 0.429. The fourth-order valence-electron chi connectivity index (χ4n) is 1.14. The Bertz CT molecular complexity index is 484. The molecule has 1 aromatic rings. The SMILES string of the molecule is NCC(n1cc([N+](=O)[O-])cnc1=O)C(F)(F)F. The summed E-state index contributed by atoms with van der Waals surface area (Å²) in [6.45, 7) is -0.910. The maximum atomic E-state index is 12.5.